The number of hydrogen-bond acceptors (Lipinski definition) is 4. The van der Waals surface area contributed by atoms with E-state index in [-0.39, 0.29) is 37.3 Å². The molecule has 0 saturated carbocycles. The molecule has 0 unspecified atom stereocenters. The second kappa shape index (κ2) is 9.39. The molecule has 71 valence electrons. The molecule has 5 heteroatoms. The van der Waals surface area contributed by atoms with Crippen molar-refractivity contribution in [3.8, 4) is 0 Å². The quantitative estimate of drug-likeness (QED) is 0.421. The first kappa shape index (κ1) is 18.2. The molecule has 0 aromatic heterocycles. The van der Waals surface area contributed by atoms with Gasteiger partial charge in [-0.05, 0) is 25.0 Å². The van der Waals surface area contributed by atoms with Crippen LogP contribution in [0.3, 0.4) is 0 Å². The molecule has 3 radical (unpaired) electrons. The largest absolute Gasteiger partial charge is 2.00 e. The average Bonchev–Trinajstić information content (AvgIpc) is 1.88. The maximum atomic E-state index is 9.49. The Morgan fingerprint density at radius 2 is 1.00 bits per heavy atom. The van der Waals surface area contributed by atoms with Crippen molar-refractivity contribution in [1.82, 2.24) is 0 Å². The van der Waals surface area contributed by atoms with Gasteiger partial charge in [-0.15, -0.1) is 0 Å². The number of hydrogen-bond donors (Lipinski definition) is 0. The van der Waals surface area contributed by atoms with Crippen molar-refractivity contribution in [2.24, 2.45) is 0 Å². The molecule has 0 bridgehead atoms. The summed E-state index contributed by atoms with van der Waals surface area (Å²) in [6, 6.07) is 0. The van der Waals surface area contributed by atoms with Crippen molar-refractivity contribution >= 4 is 38.1 Å². The number of carbonyl (C=O) groups is 2. The summed E-state index contributed by atoms with van der Waals surface area (Å²) in [7, 11) is 0. The van der Waals surface area contributed by atoms with E-state index in [1.54, 1.807) is 0 Å². The zero-order chi connectivity index (χ0) is 10.3. The first-order valence-electron chi connectivity index (χ1n) is 3.02. The Hall–Kier alpha value is -0.697. The molecule has 0 amide bonds. The van der Waals surface area contributed by atoms with Gasteiger partial charge in [0.05, 0.1) is 11.9 Å². The van der Waals surface area contributed by atoms with E-state index >= 15 is 0 Å². The minimum Gasteiger partial charge on any atom is -0.545 e. The maximum Gasteiger partial charge on any atom is 2.00 e. The Morgan fingerprint density at radius 1 is 0.923 bits per heavy atom. The Bertz CT molecular complexity index is 172. The van der Waals surface area contributed by atoms with E-state index < -0.39 is 11.9 Å². The molecule has 0 saturated heterocycles. The number of carbonyl (C=O) groups excluding carboxylic acids is 2. The molecule has 13 heavy (non-hydrogen) atoms. The predicted molar refractivity (Wildman–Crippen MR) is 45.4 cm³/mol. The minimum absolute atomic E-state index is 0. The molecule has 0 atom stereocenters. The molecule has 0 spiro atoms. The van der Waals surface area contributed by atoms with Gasteiger partial charge in [0.15, 0.2) is 0 Å². The van der Waals surface area contributed by atoms with E-state index in [9.17, 15) is 19.8 Å². The van der Waals surface area contributed by atoms with E-state index in [4.69, 9.17) is 0 Å². The van der Waals surface area contributed by atoms with Crippen LogP contribution in [-0.4, -0.2) is 38.1 Å². The number of rotatable bonds is 2. The molecule has 4 nitrogen and oxygen atoms in total. The van der Waals surface area contributed by atoms with Crippen LogP contribution in [0.25, 0.3) is 0 Å². The van der Waals surface area contributed by atoms with Crippen LogP contribution in [0.2, 0.25) is 0 Å². The van der Waals surface area contributed by atoms with Crippen LogP contribution in [0.5, 0.6) is 0 Å². The zero-order valence-electron chi connectivity index (χ0n) is 7.49. The fraction of sp³-hybridized carbons (Fsp3) is 0.250. The summed E-state index contributed by atoms with van der Waals surface area (Å²) >= 11 is 0. The SMILES string of the molecule is C=C(C)C(=O)[O-].C=C(C)C(=O)[O-].[Bi+2]. The molecule has 0 aliphatic heterocycles. The summed E-state index contributed by atoms with van der Waals surface area (Å²) < 4.78 is 0. The predicted octanol–water partition coefficient (Wildman–Crippen LogP) is -1.76. The number of carboxylic acids is 2. The fourth-order valence-electron chi connectivity index (χ4n) is 0. The van der Waals surface area contributed by atoms with Crippen LogP contribution in [0.4, 0.5) is 0 Å². The van der Waals surface area contributed by atoms with Crippen molar-refractivity contribution in [2.45, 2.75) is 13.8 Å². The van der Waals surface area contributed by atoms with Gasteiger partial charge in [0, 0.05) is 0 Å². The minimum atomic E-state index is -1.19. The topological polar surface area (TPSA) is 80.3 Å². The summed E-state index contributed by atoms with van der Waals surface area (Å²) in [5.74, 6) is -2.37. The molecule has 0 N–H and O–H groups in total. The van der Waals surface area contributed by atoms with E-state index in [0.29, 0.717) is 0 Å². The smallest absolute Gasteiger partial charge is 0.545 e. The van der Waals surface area contributed by atoms with Crippen molar-refractivity contribution in [1.29, 1.82) is 0 Å². The second-order valence-corrected chi connectivity index (χ2v) is 2.14. The van der Waals surface area contributed by atoms with Gasteiger partial charge < -0.3 is 19.8 Å². The summed E-state index contributed by atoms with van der Waals surface area (Å²) in [5.41, 5.74) is 0.130. The zero-order valence-corrected chi connectivity index (χ0v) is 11.0. The van der Waals surface area contributed by atoms with E-state index in [0.717, 1.165) is 0 Å². The van der Waals surface area contributed by atoms with Gasteiger partial charge in [-0.25, -0.2) is 0 Å². The summed E-state index contributed by atoms with van der Waals surface area (Å²) in [5, 5.41) is 19.0. The fourth-order valence-corrected chi connectivity index (χ4v) is 0. The molecular weight excluding hydrogens is 369 g/mol. The Balaban J connectivity index is -0.000000143. The van der Waals surface area contributed by atoms with Gasteiger partial charge in [-0.2, -0.15) is 0 Å². The standard InChI is InChI=1S/2C4H6O2.Bi/c2*1-3(2)4(5)6;/h2*1H2,2H3,(H,5,6);/q;;+2/p-2. The monoisotopic (exact) mass is 379 g/mol. The Labute approximate surface area is 96.1 Å². The Morgan fingerprint density at radius 3 is 1.00 bits per heavy atom. The third kappa shape index (κ3) is 18.3. The molecule has 0 aliphatic carbocycles. The normalized spacial score (nSPS) is 6.92. The van der Waals surface area contributed by atoms with Gasteiger partial charge in [-0.3, -0.25) is 0 Å². The molecular formula is C8H10BiO4. The molecule has 0 aromatic rings. The van der Waals surface area contributed by atoms with Crippen molar-refractivity contribution in [3.63, 3.8) is 0 Å². The third-order valence-corrected chi connectivity index (χ3v) is 0.697. The Kier molecular flexibility index (Phi) is 13.1. The van der Waals surface area contributed by atoms with Crippen LogP contribution in [0.15, 0.2) is 24.3 Å². The van der Waals surface area contributed by atoms with Crippen LogP contribution in [0.1, 0.15) is 13.8 Å². The van der Waals surface area contributed by atoms with E-state index in [1.807, 2.05) is 0 Å². The maximum absolute atomic E-state index is 9.49. The molecule has 0 aromatic carbocycles. The van der Waals surface area contributed by atoms with Crippen LogP contribution >= 0.6 is 0 Å². The summed E-state index contributed by atoms with van der Waals surface area (Å²) in [4.78, 5) is 19.0. The molecule has 0 heterocycles. The van der Waals surface area contributed by atoms with E-state index in [2.05, 4.69) is 13.2 Å². The average molecular weight is 379 g/mol. The summed E-state index contributed by atoms with van der Waals surface area (Å²) in [6.07, 6.45) is 0. The molecule has 0 fully saturated rings. The molecule has 0 aliphatic rings. The van der Waals surface area contributed by atoms with Crippen LogP contribution in [0, 0.1) is 0 Å². The van der Waals surface area contributed by atoms with Crippen molar-refractivity contribution in [3.05, 3.63) is 24.3 Å². The van der Waals surface area contributed by atoms with Crippen LogP contribution < -0.4 is 10.2 Å². The van der Waals surface area contributed by atoms with Gasteiger partial charge in [-0.1, -0.05) is 13.2 Å². The van der Waals surface area contributed by atoms with Gasteiger partial charge in [0.1, 0.15) is 0 Å². The molecule has 0 rings (SSSR count). The second-order valence-electron chi connectivity index (χ2n) is 2.14. The van der Waals surface area contributed by atoms with Gasteiger partial charge in [0.2, 0.25) is 0 Å². The van der Waals surface area contributed by atoms with E-state index in [1.165, 1.54) is 13.8 Å². The van der Waals surface area contributed by atoms with Crippen molar-refractivity contribution < 1.29 is 19.8 Å². The number of carboxylic acid groups (broad SMARTS) is 2. The summed E-state index contributed by atoms with van der Waals surface area (Å²) in [6.45, 7) is 8.95. The van der Waals surface area contributed by atoms with Crippen molar-refractivity contribution in [2.75, 3.05) is 0 Å². The van der Waals surface area contributed by atoms with Gasteiger partial charge >= 0.3 is 26.2 Å². The van der Waals surface area contributed by atoms with Crippen LogP contribution in [-0.2, 0) is 9.59 Å². The number of aliphatic carboxylic acids is 2. The first-order valence-corrected chi connectivity index (χ1v) is 3.02. The third-order valence-electron chi connectivity index (χ3n) is 0.697. The first-order chi connectivity index (χ1) is 5.29. The van der Waals surface area contributed by atoms with Gasteiger partial charge in [0.25, 0.3) is 0 Å².